The van der Waals surface area contributed by atoms with Crippen LogP contribution >= 0.6 is 11.3 Å². The van der Waals surface area contributed by atoms with E-state index in [0.29, 0.717) is 10.6 Å². The Hall–Kier alpha value is -1.69. The lowest BCUT2D eigenvalue weighted by atomic mass is 10.2. The fourth-order valence-electron chi connectivity index (χ4n) is 1.87. The van der Waals surface area contributed by atoms with E-state index in [2.05, 4.69) is 10.1 Å². The van der Waals surface area contributed by atoms with Crippen molar-refractivity contribution < 1.29 is 9.53 Å². The molecule has 0 spiro atoms. The maximum atomic E-state index is 11.6. The van der Waals surface area contributed by atoms with Crippen LogP contribution in [0.3, 0.4) is 0 Å². The van der Waals surface area contributed by atoms with Crippen LogP contribution in [0.5, 0.6) is 0 Å². The van der Waals surface area contributed by atoms with E-state index in [1.54, 1.807) is 0 Å². The molecule has 0 atom stereocenters. The second-order valence-corrected chi connectivity index (χ2v) is 5.09. The lowest BCUT2D eigenvalue weighted by Crippen LogP contribution is -1.99. The highest BCUT2D eigenvalue weighted by molar-refractivity contribution is 7.17. The number of rotatable bonds is 2. The highest BCUT2D eigenvalue weighted by Crippen LogP contribution is 2.32. The van der Waals surface area contributed by atoms with Gasteiger partial charge in [0, 0.05) is 12.7 Å². The van der Waals surface area contributed by atoms with E-state index in [1.807, 2.05) is 32.5 Å². The van der Waals surface area contributed by atoms with Crippen molar-refractivity contribution >= 4 is 17.3 Å². The topological polar surface area (TPSA) is 57.0 Å². The van der Waals surface area contributed by atoms with E-state index in [4.69, 9.17) is 4.74 Å². The number of esters is 1. The van der Waals surface area contributed by atoms with Crippen LogP contribution in [0.25, 0.3) is 10.6 Å². The van der Waals surface area contributed by atoms with Crippen LogP contribution in [0.1, 0.15) is 26.8 Å². The summed E-state index contributed by atoms with van der Waals surface area (Å²) in [6, 6.07) is 0. The van der Waals surface area contributed by atoms with Crippen molar-refractivity contribution in [2.45, 2.75) is 20.8 Å². The molecule has 0 radical (unpaired) electrons. The molecular formula is C12H15N3O2S. The minimum Gasteiger partial charge on any atom is -0.465 e. The van der Waals surface area contributed by atoms with Crippen molar-refractivity contribution in [1.82, 2.24) is 14.8 Å². The summed E-state index contributed by atoms with van der Waals surface area (Å²) in [5.41, 5.74) is 3.66. The largest absolute Gasteiger partial charge is 0.465 e. The summed E-state index contributed by atoms with van der Waals surface area (Å²) in [6.45, 7) is 5.74. The number of aryl methyl sites for hydroxylation is 3. The van der Waals surface area contributed by atoms with Crippen LogP contribution in [0, 0.1) is 20.8 Å². The quantitative estimate of drug-likeness (QED) is 0.781. The van der Waals surface area contributed by atoms with Gasteiger partial charge in [0.05, 0.1) is 24.1 Å². The monoisotopic (exact) mass is 265 g/mol. The number of carbonyl (C=O) groups is 1. The molecule has 6 heteroatoms. The number of nitrogens with zero attached hydrogens (tertiary/aromatic N) is 3. The molecule has 18 heavy (non-hydrogen) atoms. The number of methoxy groups -OCH3 is 1. The number of carbonyl (C=O) groups excluding carboxylic acids is 1. The molecule has 0 aliphatic carbocycles. The van der Waals surface area contributed by atoms with Crippen LogP contribution in [0.15, 0.2) is 0 Å². The predicted octanol–water partition coefficient (Wildman–Crippen LogP) is 2.26. The van der Waals surface area contributed by atoms with Gasteiger partial charge in [0.1, 0.15) is 9.88 Å². The summed E-state index contributed by atoms with van der Waals surface area (Å²) in [5, 5.41) is 5.17. The Labute approximate surface area is 109 Å². The fraction of sp³-hybridized carbons (Fsp3) is 0.417. The summed E-state index contributed by atoms with van der Waals surface area (Å²) >= 11 is 1.35. The predicted molar refractivity (Wildman–Crippen MR) is 69.9 cm³/mol. The van der Waals surface area contributed by atoms with Gasteiger partial charge < -0.3 is 4.74 Å². The van der Waals surface area contributed by atoms with E-state index in [9.17, 15) is 4.79 Å². The molecule has 0 unspecified atom stereocenters. The molecule has 5 nitrogen and oxygen atoms in total. The minimum absolute atomic E-state index is 0.338. The maximum absolute atomic E-state index is 11.6. The van der Waals surface area contributed by atoms with Crippen molar-refractivity contribution in [3.8, 4) is 10.6 Å². The van der Waals surface area contributed by atoms with Gasteiger partial charge in [0.2, 0.25) is 0 Å². The molecule has 0 bridgehead atoms. The number of thiazole rings is 1. The van der Waals surface area contributed by atoms with E-state index in [1.165, 1.54) is 18.4 Å². The second-order valence-electron chi connectivity index (χ2n) is 4.09. The second kappa shape index (κ2) is 4.53. The van der Waals surface area contributed by atoms with Crippen LogP contribution in [0.4, 0.5) is 0 Å². The van der Waals surface area contributed by atoms with Gasteiger partial charge in [-0.1, -0.05) is 0 Å². The van der Waals surface area contributed by atoms with Crippen molar-refractivity contribution in [3.63, 3.8) is 0 Å². The highest BCUT2D eigenvalue weighted by Gasteiger charge is 2.20. The van der Waals surface area contributed by atoms with Crippen LogP contribution < -0.4 is 0 Å². The van der Waals surface area contributed by atoms with Gasteiger partial charge in [0.15, 0.2) is 0 Å². The summed E-state index contributed by atoms with van der Waals surface area (Å²) in [6.07, 6.45) is 0. The van der Waals surface area contributed by atoms with Gasteiger partial charge in [-0.15, -0.1) is 11.3 Å². The molecular weight excluding hydrogens is 250 g/mol. The first-order valence-electron chi connectivity index (χ1n) is 5.52. The summed E-state index contributed by atoms with van der Waals surface area (Å²) in [7, 11) is 3.27. The van der Waals surface area contributed by atoms with Crippen LogP contribution in [-0.4, -0.2) is 27.8 Å². The average molecular weight is 265 g/mol. The minimum atomic E-state index is -0.338. The molecule has 96 valence electrons. The number of ether oxygens (including phenoxy) is 1. The molecule has 2 heterocycles. The Morgan fingerprint density at radius 3 is 2.44 bits per heavy atom. The smallest absolute Gasteiger partial charge is 0.349 e. The van der Waals surface area contributed by atoms with Gasteiger partial charge in [-0.2, -0.15) is 5.10 Å². The lowest BCUT2D eigenvalue weighted by Gasteiger charge is -1.96. The van der Waals surface area contributed by atoms with Gasteiger partial charge in [-0.25, -0.2) is 9.78 Å². The average Bonchev–Trinajstić information content (AvgIpc) is 2.80. The normalized spacial score (nSPS) is 10.7. The molecule has 2 rings (SSSR count). The van der Waals surface area contributed by atoms with E-state index in [0.717, 1.165) is 22.0 Å². The molecule has 0 amide bonds. The van der Waals surface area contributed by atoms with E-state index in [-0.39, 0.29) is 5.97 Å². The first-order valence-corrected chi connectivity index (χ1v) is 6.33. The third-order valence-corrected chi connectivity index (χ3v) is 4.05. The van der Waals surface area contributed by atoms with Crippen LogP contribution in [-0.2, 0) is 11.8 Å². The van der Waals surface area contributed by atoms with Crippen LogP contribution in [0.2, 0.25) is 0 Å². The van der Waals surface area contributed by atoms with E-state index >= 15 is 0 Å². The third kappa shape index (κ3) is 1.92. The molecule has 0 saturated heterocycles. The molecule has 2 aromatic rings. The Morgan fingerprint density at radius 1 is 1.28 bits per heavy atom. The number of hydrogen-bond acceptors (Lipinski definition) is 5. The molecule has 2 aromatic heterocycles. The maximum Gasteiger partial charge on any atom is 0.349 e. The van der Waals surface area contributed by atoms with E-state index < -0.39 is 0 Å². The Balaban J connectivity index is 2.56. The zero-order valence-electron chi connectivity index (χ0n) is 11.1. The molecule has 0 aliphatic heterocycles. The Bertz CT molecular complexity index is 613. The number of aromatic nitrogens is 3. The third-order valence-electron chi connectivity index (χ3n) is 2.89. The summed E-state index contributed by atoms with van der Waals surface area (Å²) < 4.78 is 6.56. The Kier molecular flexibility index (Phi) is 3.21. The van der Waals surface area contributed by atoms with Crippen molar-refractivity contribution in [2.75, 3.05) is 7.11 Å². The SMILES string of the molecule is COC(=O)c1sc(-c2c(C)nn(C)c2C)nc1C. The highest BCUT2D eigenvalue weighted by atomic mass is 32.1. The zero-order valence-corrected chi connectivity index (χ0v) is 11.9. The number of hydrogen-bond donors (Lipinski definition) is 0. The fourth-order valence-corrected chi connectivity index (χ4v) is 3.00. The molecule has 0 N–H and O–H groups in total. The van der Waals surface area contributed by atoms with Gasteiger partial charge >= 0.3 is 5.97 Å². The molecule has 0 aromatic carbocycles. The molecule has 0 aliphatic rings. The summed E-state index contributed by atoms with van der Waals surface area (Å²) in [4.78, 5) is 16.6. The summed E-state index contributed by atoms with van der Waals surface area (Å²) in [5.74, 6) is -0.338. The van der Waals surface area contributed by atoms with Crippen molar-refractivity contribution in [3.05, 3.63) is 22.0 Å². The first kappa shape index (κ1) is 12.8. The lowest BCUT2D eigenvalue weighted by molar-refractivity contribution is 0.0605. The van der Waals surface area contributed by atoms with Crippen molar-refractivity contribution in [1.29, 1.82) is 0 Å². The molecule has 0 fully saturated rings. The first-order chi connectivity index (χ1) is 8.45. The zero-order chi connectivity index (χ0) is 13.4. The van der Waals surface area contributed by atoms with Gasteiger partial charge in [-0.3, -0.25) is 4.68 Å². The van der Waals surface area contributed by atoms with Gasteiger partial charge in [-0.05, 0) is 20.8 Å². The Morgan fingerprint density at radius 2 is 1.94 bits per heavy atom. The molecule has 0 saturated carbocycles. The standard InChI is InChI=1S/C12H15N3O2S/c1-6-9(8(3)15(4)14-6)11-13-7(2)10(18-11)12(16)17-5/h1-5H3. The van der Waals surface area contributed by atoms with Gasteiger partial charge in [0.25, 0.3) is 0 Å². The van der Waals surface area contributed by atoms with Crippen molar-refractivity contribution in [2.24, 2.45) is 7.05 Å².